The fourth-order valence-electron chi connectivity index (χ4n) is 2.49. The number of methoxy groups -OCH3 is 1. The normalized spacial score (nSPS) is 11.0. The van der Waals surface area contributed by atoms with Crippen LogP contribution in [0.25, 0.3) is 0 Å². The van der Waals surface area contributed by atoms with Gasteiger partial charge in [0.15, 0.2) is 0 Å². The van der Waals surface area contributed by atoms with Gasteiger partial charge in [-0.1, -0.05) is 35.9 Å². The Bertz CT molecular complexity index is 1170. The summed E-state index contributed by atoms with van der Waals surface area (Å²) in [7, 11) is -2.61. The molecule has 0 heterocycles. The van der Waals surface area contributed by atoms with Crippen molar-refractivity contribution in [3.63, 3.8) is 0 Å². The quantitative estimate of drug-likeness (QED) is 0.420. The van der Waals surface area contributed by atoms with Crippen LogP contribution in [0, 0.1) is 10.1 Å². The van der Waals surface area contributed by atoms with E-state index in [4.69, 9.17) is 21.1 Å². The second kappa shape index (κ2) is 8.38. The van der Waals surface area contributed by atoms with E-state index in [0.717, 1.165) is 6.07 Å². The van der Waals surface area contributed by atoms with Crippen molar-refractivity contribution in [2.75, 3.05) is 11.8 Å². The Morgan fingerprint density at radius 1 is 0.966 bits per heavy atom. The fraction of sp³-hybridized carbons (Fsp3) is 0.0526. The van der Waals surface area contributed by atoms with Crippen molar-refractivity contribution in [1.82, 2.24) is 0 Å². The minimum atomic E-state index is -4.04. The topological polar surface area (TPSA) is 108 Å². The zero-order chi connectivity index (χ0) is 21.0. The number of benzene rings is 3. The summed E-state index contributed by atoms with van der Waals surface area (Å²) in [5, 5.41) is 10.8. The number of hydrogen-bond acceptors (Lipinski definition) is 6. The van der Waals surface area contributed by atoms with Crippen LogP contribution in [-0.4, -0.2) is 20.5 Å². The summed E-state index contributed by atoms with van der Waals surface area (Å²) in [6, 6.07) is 16.2. The number of anilines is 1. The molecule has 0 spiro atoms. The molecule has 0 fully saturated rings. The molecule has 0 aromatic heterocycles. The van der Waals surface area contributed by atoms with Crippen molar-refractivity contribution < 1.29 is 22.8 Å². The Hall–Kier alpha value is -3.30. The second-order valence-electron chi connectivity index (χ2n) is 5.73. The monoisotopic (exact) mass is 434 g/mol. The Kier molecular flexibility index (Phi) is 5.90. The zero-order valence-electron chi connectivity index (χ0n) is 15.0. The van der Waals surface area contributed by atoms with Gasteiger partial charge in [0.1, 0.15) is 22.1 Å². The first kappa shape index (κ1) is 20.4. The largest absolute Gasteiger partial charge is 0.495 e. The highest BCUT2D eigenvalue weighted by atomic mass is 35.5. The van der Waals surface area contributed by atoms with E-state index in [1.165, 1.54) is 31.4 Å². The maximum Gasteiger partial charge on any atom is 0.271 e. The number of non-ortho nitro benzene ring substituents is 1. The lowest BCUT2D eigenvalue weighted by Gasteiger charge is -2.15. The van der Waals surface area contributed by atoms with Crippen molar-refractivity contribution in [1.29, 1.82) is 0 Å². The zero-order valence-corrected chi connectivity index (χ0v) is 16.6. The van der Waals surface area contributed by atoms with Crippen molar-refractivity contribution in [3.8, 4) is 17.2 Å². The summed E-state index contributed by atoms with van der Waals surface area (Å²) in [6.07, 6.45) is 0. The Balaban J connectivity index is 1.95. The van der Waals surface area contributed by atoms with E-state index in [1.54, 1.807) is 36.4 Å². The molecule has 0 aliphatic heterocycles. The number of hydrogen-bond donors (Lipinski definition) is 1. The lowest BCUT2D eigenvalue weighted by Crippen LogP contribution is -2.14. The predicted octanol–water partition coefficient (Wildman–Crippen LogP) is 4.85. The van der Waals surface area contributed by atoms with Gasteiger partial charge in [0.2, 0.25) is 0 Å². The minimum absolute atomic E-state index is 0.00523. The summed E-state index contributed by atoms with van der Waals surface area (Å²) >= 11 is 6.05. The molecule has 3 rings (SSSR count). The number of halogens is 1. The Morgan fingerprint density at radius 2 is 1.62 bits per heavy atom. The van der Waals surface area contributed by atoms with Crippen LogP contribution in [0.3, 0.4) is 0 Å². The number of nitro groups is 1. The second-order valence-corrected chi connectivity index (χ2v) is 7.78. The number of sulfonamides is 1. The molecule has 0 aliphatic rings. The molecule has 8 nitrogen and oxygen atoms in total. The van der Waals surface area contributed by atoms with Crippen LogP contribution >= 0.6 is 11.6 Å². The summed E-state index contributed by atoms with van der Waals surface area (Å²) < 4.78 is 39.2. The summed E-state index contributed by atoms with van der Waals surface area (Å²) in [6.45, 7) is 0. The lowest BCUT2D eigenvalue weighted by atomic mass is 10.3. The Labute approximate surface area is 171 Å². The van der Waals surface area contributed by atoms with E-state index >= 15 is 0 Å². The van der Waals surface area contributed by atoms with Crippen LogP contribution in [0.1, 0.15) is 0 Å². The number of nitrogens with one attached hydrogen (secondary N) is 1. The SMILES string of the molecule is COc1ccccc1NS(=O)(=O)c1ccccc1Oc1ccc([N+](=O)[O-])cc1Cl. The van der Waals surface area contributed by atoms with E-state index in [1.807, 2.05) is 0 Å². The maximum atomic E-state index is 12.9. The van der Waals surface area contributed by atoms with E-state index in [0.29, 0.717) is 5.75 Å². The van der Waals surface area contributed by atoms with Gasteiger partial charge < -0.3 is 9.47 Å². The summed E-state index contributed by atoms with van der Waals surface area (Å²) in [5.41, 5.74) is 0.0549. The van der Waals surface area contributed by atoms with Gasteiger partial charge >= 0.3 is 0 Å². The van der Waals surface area contributed by atoms with E-state index < -0.39 is 14.9 Å². The molecule has 0 unspecified atom stereocenters. The lowest BCUT2D eigenvalue weighted by molar-refractivity contribution is -0.384. The van der Waals surface area contributed by atoms with Gasteiger partial charge in [0.25, 0.3) is 15.7 Å². The third-order valence-corrected chi connectivity index (χ3v) is 5.54. The average molecular weight is 435 g/mol. The highest BCUT2D eigenvalue weighted by Gasteiger charge is 2.22. The smallest absolute Gasteiger partial charge is 0.271 e. The third-order valence-electron chi connectivity index (χ3n) is 3.84. The standard InChI is InChI=1S/C19H15ClN2O6S/c1-27-17-7-3-2-6-15(17)21-29(25,26)19-9-5-4-8-18(19)28-16-11-10-13(22(23)24)12-14(16)20/h2-12,21H,1H3. The third kappa shape index (κ3) is 4.58. The van der Waals surface area contributed by atoms with E-state index in [2.05, 4.69) is 4.72 Å². The first-order chi connectivity index (χ1) is 13.8. The van der Waals surface area contributed by atoms with Crippen molar-refractivity contribution >= 4 is 33.0 Å². The molecule has 0 atom stereocenters. The number of ether oxygens (including phenoxy) is 2. The molecule has 1 N–H and O–H groups in total. The van der Waals surface area contributed by atoms with Crippen LogP contribution in [0.15, 0.2) is 71.6 Å². The van der Waals surface area contributed by atoms with Crippen LogP contribution in [0.5, 0.6) is 17.2 Å². The van der Waals surface area contributed by atoms with Crippen LogP contribution < -0.4 is 14.2 Å². The average Bonchev–Trinajstić information content (AvgIpc) is 2.70. The van der Waals surface area contributed by atoms with Gasteiger partial charge in [-0.3, -0.25) is 14.8 Å². The van der Waals surface area contributed by atoms with Gasteiger partial charge in [0, 0.05) is 12.1 Å². The molecule has 0 radical (unpaired) electrons. The van der Waals surface area contributed by atoms with Gasteiger partial charge in [-0.25, -0.2) is 8.42 Å². The molecule has 29 heavy (non-hydrogen) atoms. The van der Waals surface area contributed by atoms with E-state index in [-0.39, 0.29) is 32.8 Å². The number of nitrogens with zero attached hydrogens (tertiary/aromatic N) is 1. The molecule has 0 saturated carbocycles. The van der Waals surface area contributed by atoms with Crippen molar-refractivity contribution in [2.45, 2.75) is 4.90 Å². The van der Waals surface area contributed by atoms with Gasteiger partial charge in [0.05, 0.1) is 22.7 Å². The first-order valence-corrected chi connectivity index (χ1v) is 10.0. The molecule has 0 saturated heterocycles. The summed E-state index contributed by atoms with van der Waals surface area (Å²) in [4.78, 5) is 10.1. The van der Waals surface area contributed by atoms with Crippen LogP contribution in [0.2, 0.25) is 5.02 Å². The van der Waals surface area contributed by atoms with Crippen molar-refractivity contribution in [2.24, 2.45) is 0 Å². The number of rotatable bonds is 7. The predicted molar refractivity (Wildman–Crippen MR) is 108 cm³/mol. The van der Waals surface area contributed by atoms with Gasteiger partial charge in [-0.05, 0) is 30.3 Å². The fourth-order valence-corrected chi connectivity index (χ4v) is 3.90. The molecular formula is C19H15ClN2O6S. The highest BCUT2D eigenvalue weighted by Crippen LogP contribution is 2.36. The van der Waals surface area contributed by atoms with Crippen LogP contribution in [0.4, 0.5) is 11.4 Å². The van der Waals surface area contributed by atoms with Crippen molar-refractivity contribution in [3.05, 3.63) is 81.9 Å². The molecule has 150 valence electrons. The highest BCUT2D eigenvalue weighted by molar-refractivity contribution is 7.92. The first-order valence-electron chi connectivity index (χ1n) is 8.18. The number of nitro benzene ring substituents is 1. The molecule has 10 heteroatoms. The molecular weight excluding hydrogens is 420 g/mol. The molecule has 0 aliphatic carbocycles. The van der Waals surface area contributed by atoms with Gasteiger partial charge in [-0.2, -0.15) is 0 Å². The maximum absolute atomic E-state index is 12.9. The number of para-hydroxylation sites is 3. The Morgan fingerprint density at radius 3 is 2.28 bits per heavy atom. The summed E-state index contributed by atoms with van der Waals surface area (Å²) in [5.74, 6) is 0.441. The van der Waals surface area contributed by atoms with Gasteiger partial charge in [-0.15, -0.1) is 0 Å². The minimum Gasteiger partial charge on any atom is -0.495 e. The van der Waals surface area contributed by atoms with Crippen LogP contribution in [-0.2, 0) is 10.0 Å². The van der Waals surface area contributed by atoms with E-state index in [9.17, 15) is 18.5 Å². The molecule has 0 amide bonds. The molecule has 3 aromatic rings. The molecule has 0 bridgehead atoms. The molecule has 3 aromatic carbocycles.